The van der Waals surface area contributed by atoms with Crippen molar-refractivity contribution < 1.29 is 32.2 Å². The molecule has 0 saturated carbocycles. The molecular formula is C12H13F3N2O4. The van der Waals surface area contributed by atoms with Crippen molar-refractivity contribution in [2.75, 3.05) is 25.5 Å². The lowest BCUT2D eigenvalue weighted by atomic mass is 10.3. The molecule has 1 aromatic carbocycles. The zero-order valence-corrected chi connectivity index (χ0v) is 10.8. The lowest BCUT2D eigenvalue weighted by Gasteiger charge is -2.10. The largest absolute Gasteiger partial charge is 0.480 e. The average Bonchev–Trinajstić information content (AvgIpc) is 2.41. The van der Waals surface area contributed by atoms with Gasteiger partial charge in [-0.3, -0.25) is 4.79 Å². The molecule has 6 nitrogen and oxygen atoms in total. The van der Waals surface area contributed by atoms with Crippen LogP contribution in [0.15, 0.2) is 24.3 Å². The maximum Gasteiger partial charge on any atom is 0.405 e. The standard InChI is InChI=1S/C12H13F3N2O4/c13-12(14,15)7-17-10(18)5-21-11(19)6-20-9-4-2-1-3-8(9)16/h1-4H,5-7,16H2,(H,17,18). The lowest BCUT2D eigenvalue weighted by Crippen LogP contribution is -2.36. The number of rotatable bonds is 6. The fraction of sp³-hybridized carbons (Fsp3) is 0.333. The summed E-state index contributed by atoms with van der Waals surface area (Å²) in [6.07, 6.45) is -4.52. The van der Waals surface area contributed by atoms with Crippen molar-refractivity contribution in [3.63, 3.8) is 0 Å². The summed E-state index contributed by atoms with van der Waals surface area (Å²) < 4.78 is 44.9. The number of amides is 1. The Kier molecular flexibility index (Phi) is 5.82. The van der Waals surface area contributed by atoms with Crippen LogP contribution in [0.5, 0.6) is 5.75 Å². The SMILES string of the molecule is Nc1ccccc1OCC(=O)OCC(=O)NCC(F)(F)F. The first kappa shape index (κ1) is 16.6. The third kappa shape index (κ3) is 7.04. The number of carbonyl (C=O) groups is 2. The second-order valence-corrected chi connectivity index (χ2v) is 3.88. The molecule has 3 N–H and O–H groups in total. The number of benzene rings is 1. The van der Waals surface area contributed by atoms with Gasteiger partial charge in [0.05, 0.1) is 5.69 Å². The number of nitrogens with one attached hydrogen (secondary N) is 1. The number of esters is 1. The van der Waals surface area contributed by atoms with Gasteiger partial charge < -0.3 is 20.5 Å². The van der Waals surface area contributed by atoms with Crippen molar-refractivity contribution in [2.45, 2.75) is 6.18 Å². The minimum absolute atomic E-state index is 0.260. The first-order valence-electron chi connectivity index (χ1n) is 5.74. The molecular weight excluding hydrogens is 293 g/mol. The van der Waals surface area contributed by atoms with E-state index in [0.29, 0.717) is 5.69 Å². The molecule has 0 saturated heterocycles. The number of alkyl halides is 3. The van der Waals surface area contributed by atoms with Crippen molar-refractivity contribution >= 4 is 17.6 Å². The quantitative estimate of drug-likeness (QED) is 0.601. The molecule has 9 heteroatoms. The van der Waals surface area contributed by atoms with Gasteiger partial charge in [-0.15, -0.1) is 0 Å². The highest BCUT2D eigenvalue weighted by atomic mass is 19.4. The molecule has 0 aliphatic carbocycles. The van der Waals surface area contributed by atoms with E-state index in [1.165, 1.54) is 6.07 Å². The molecule has 0 aromatic heterocycles. The van der Waals surface area contributed by atoms with E-state index >= 15 is 0 Å². The summed E-state index contributed by atoms with van der Waals surface area (Å²) in [6, 6.07) is 6.40. The van der Waals surface area contributed by atoms with Gasteiger partial charge in [0, 0.05) is 0 Å². The number of halogens is 3. The molecule has 1 rings (SSSR count). The van der Waals surface area contributed by atoms with Crippen LogP contribution in [0.3, 0.4) is 0 Å². The summed E-state index contributed by atoms with van der Waals surface area (Å²) in [5.41, 5.74) is 5.87. The van der Waals surface area contributed by atoms with E-state index in [0.717, 1.165) is 0 Å². The van der Waals surface area contributed by atoms with Gasteiger partial charge in [0.15, 0.2) is 13.2 Å². The number of nitrogen functional groups attached to an aromatic ring is 1. The Hall–Kier alpha value is -2.45. The third-order valence-electron chi connectivity index (χ3n) is 2.11. The van der Waals surface area contributed by atoms with Crippen LogP contribution >= 0.6 is 0 Å². The highest BCUT2D eigenvalue weighted by Crippen LogP contribution is 2.19. The Balaban J connectivity index is 2.25. The van der Waals surface area contributed by atoms with Gasteiger partial charge >= 0.3 is 12.1 Å². The number of ether oxygens (including phenoxy) is 2. The van der Waals surface area contributed by atoms with Crippen LogP contribution in [0.1, 0.15) is 0 Å². The Morgan fingerprint density at radius 2 is 1.86 bits per heavy atom. The maximum atomic E-state index is 11.8. The third-order valence-corrected chi connectivity index (χ3v) is 2.11. The van der Waals surface area contributed by atoms with Crippen LogP contribution in [-0.4, -0.2) is 37.8 Å². The van der Waals surface area contributed by atoms with Gasteiger partial charge in [0.2, 0.25) is 0 Å². The molecule has 0 fully saturated rings. The van der Waals surface area contributed by atoms with Crippen molar-refractivity contribution in [3.8, 4) is 5.75 Å². The van der Waals surface area contributed by atoms with Crippen LogP contribution < -0.4 is 15.8 Å². The summed E-state index contributed by atoms with van der Waals surface area (Å²) in [7, 11) is 0. The topological polar surface area (TPSA) is 90.7 Å². The zero-order chi connectivity index (χ0) is 15.9. The highest BCUT2D eigenvalue weighted by molar-refractivity contribution is 5.81. The predicted octanol–water partition coefficient (Wildman–Crippen LogP) is 0.869. The van der Waals surface area contributed by atoms with E-state index in [1.807, 2.05) is 0 Å². The summed E-state index contributed by atoms with van der Waals surface area (Å²) in [4.78, 5) is 22.2. The molecule has 0 aliphatic rings. The number of anilines is 1. The zero-order valence-electron chi connectivity index (χ0n) is 10.8. The minimum atomic E-state index is -4.52. The van der Waals surface area contributed by atoms with E-state index < -0.39 is 37.8 Å². The molecule has 0 unspecified atom stereocenters. The second-order valence-electron chi connectivity index (χ2n) is 3.88. The normalized spacial score (nSPS) is 10.8. The van der Waals surface area contributed by atoms with E-state index in [-0.39, 0.29) is 5.75 Å². The van der Waals surface area contributed by atoms with Crippen molar-refractivity contribution in [1.29, 1.82) is 0 Å². The van der Waals surface area contributed by atoms with Crippen LogP contribution in [0.2, 0.25) is 0 Å². The number of hydrogen-bond donors (Lipinski definition) is 2. The molecule has 0 spiro atoms. The summed E-state index contributed by atoms with van der Waals surface area (Å²) in [6.45, 7) is -2.82. The minimum Gasteiger partial charge on any atom is -0.480 e. The summed E-state index contributed by atoms with van der Waals surface area (Å²) in [5.74, 6) is -1.70. The van der Waals surface area contributed by atoms with E-state index in [2.05, 4.69) is 4.74 Å². The monoisotopic (exact) mass is 306 g/mol. The van der Waals surface area contributed by atoms with Gasteiger partial charge in [-0.05, 0) is 12.1 Å². The predicted molar refractivity (Wildman–Crippen MR) is 66.4 cm³/mol. The Bertz CT molecular complexity index is 506. The number of nitrogens with two attached hydrogens (primary N) is 1. The molecule has 0 heterocycles. The Labute approximate surface area is 118 Å². The van der Waals surface area contributed by atoms with Crippen LogP contribution in [-0.2, 0) is 14.3 Å². The van der Waals surface area contributed by atoms with Gasteiger partial charge in [-0.25, -0.2) is 4.79 Å². The summed E-state index contributed by atoms with van der Waals surface area (Å²) in [5, 5.41) is 1.56. The van der Waals surface area contributed by atoms with Crippen molar-refractivity contribution in [2.24, 2.45) is 0 Å². The molecule has 0 aliphatic heterocycles. The lowest BCUT2D eigenvalue weighted by molar-refractivity contribution is -0.152. The maximum absolute atomic E-state index is 11.8. The first-order chi connectivity index (χ1) is 9.78. The van der Waals surface area contributed by atoms with Gasteiger partial charge in [0.25, 0.3) is 5.91 Å². The van der Waals surface area contributed by atoms with Crippen molar-refractivity contribution in [3.05, 3.63) is 24.3 Å². The molecule has 0 radical (unpaired) electrons. The molecule has 1 amide bonds. The molecule has 0 bridgehead atoms. The molecule has 1 aromatic rings. The fourth-order valence-electron chi connectivity index (χ4n) is 1.19. The van der Waals surface area contributed by atoms with Crippen molar-refractivity contribution in [1.82, 2.24) is 5.32 Å². The van der Waals surface area contributed by atoms with E-state index in [1.54, 1.807) is 23.5 Å². The smallest absolute Gasteiger partial charge is 0.405 e. The van der Waals surface area contributed by atoms with Gasteiger partial charge in [-0.1, -0.05) is 12.1 Å². The molecule has 21 heavy (non-hydrogen) atoms. The summed E-state index contributed by atoms with van der Waals surface area (Å²) >= 11 is 0. The van der Waals surface area contributed by atoms with Gasteiger partial charge in [-0.2, -0.15) is 13.2 Å². The Morgan fingerprint density at radius 3 is 2.48 bits per heavy atom. The highest BCUT2D eigenvalue weighted by Gasteiger charge is 2.27. The van der Waals surface area contributed by atoms with Crippen LogP contribution in [0, 0.1) is 0 Å². The number of carbonyl (C=O) groups excluding carboxylic acids is 2. The molecule has 0 atom stereocenters. The number of para-hydroxylation sites is 2. The molecule has 116 valence electrons. The fourth-order valence-corrected chi connectivity index (χ4v) is 1.19. The number of hydrogen-bond acceptors (Lipinski definition) is 5. The second kappa shape index (κ2) is 7.36. The van der Waals surface area contributed by atoms with Crippen LogP contribution in [0.25, 0.3) is 0 Å². The van der Waals surface area contributed by atoms with Crippen LogP contribution in [0.4, 0.5) is 18.9 Å². The Morgan fingerprint density at radius 1 is 1.19 bits per heavy atom. The van der Waals surface area contributed by atoms with E-state index in [9.17, 15) is 22.8 Å². The average molecular weight is 306 g/mol. The van der Waals surface area contributed by atoms with Gasteiger partial charge in [0.1, 0.15) is 12.3 Å². The van der Waals surface area contributed by atoms with E-state index in [4.69, 9.17) is 10.5 Å². The first-order valence-corrected chi connectivity index (χ1v) is 5.74.